The molecule has 0 radical (unpaired) electrons. The van der Waals surface area contributed by atoms with Crippen LogP contribution in [0.4, 0.5) is 0 Å². The Bertz CT molecular complexity index is 64.7. The van der Waals surface area contributed by atoms with Crippen molar-refractivity contribution in [3.05, 3.63) is 0 Å². The Morgan fingerprint density at radius 1 is 1.86 bits per heavy atom. The average Bonchev–Trinajstić information content (AvgIpc) is 1.65. The maximum Gasteiger partial charge on any atom is 0.123 e. The molecule has 0 saturated carbocycles. The third kappa shape index (κ3) is 0.748. The van der Waals surface area contributed by atoms with Gasteiger partial charge in [-0.3, -0.25) is 0 Å². The van der Waals surface area contributed by atoms with Gasteiger partial charge in [-0.25, -0.2) is 0 Å². The number of nitrogens with two attached hydrogens (primary N) is 1. The summed E-state index contributed by atoms with van der Waals surface area (Å²) in [6.07, 6.45) is -0.0648. The second kappa shape index (κ2) is 1.78. The number of ether oxygens (including phenoxy) is 1. The highest BCUT2D eigenvalue weighted by molar-refractivity contribution is 4.78. The van der Waals surface area contributed by atoms with Crippen LogP contribution in [0.5, 0.6) is 0 Å². The summed E-state index contributed by atoms with van der Waals surface area (Å²) < 4.78 is 4.85. The fourth-order valence-electron chi connectivity index (χ4n) is 0.551. The molecule has 0 amide bonds. The Hall–Kier alpha value is -0.120. The van der Waals surface area contributed by atoms with Gasteiger partial charge in [0.05, 0.1) is 12.6 Å². The van der Waals surface area contributed by atoms with Crippen molar-refractivity contribution >= 4 is 0 Å². The van der Waals surface area contributed by atoms with Crippen LogP contribution in [0.25, 0.3) is 0 Å². The predicted octanol–water partition coefficient (Wildman–Crippen LogP) is -1.11. The number of nitrogens with one attached hydrogen (secondary N) is 1. The molecule has 3 heteroatoms. The van der Waals surface area contributed by atoms with E-state index in [0.29, 0.717) is 6.04 Å². The summed E-state index contributed by atoms with van der Waals surface area (Å²) in [4.78, 5) is 0. The first-order valence-corrected chi connectivity index (χ1v) is 2.39. The molecule has 0 aliphatic carbocycles. The Balaban J connectivity index is 2.16. The van der Waals surface area contributed by atoms with Crippen LogP contribution in [0, 0.1) is 0 Å². The van der Waals surface area contributed by atoms with Crippen LogP contribution < -0.4 is 11.1 Å². The Morgan fingerprint density at radius 2 is 2.57 bits per heavy atom. The van der Waals surface area contributed by atoms with E-state index in [1.165, 1.54) is 0 Å². The molecule has 3 N–H and O–H groups in total. The monoisotopic (exact) mass is 102 g/mol. The maximum atomic E-state index is 5.35. The van der Waals surface area contributed by atoms with E-state index < -0.39 is 0 Å². The molecule has 2 atom stereocenters. The summed E-state index contributed by atoms with van der Waals surface area (Å²) in [5.41, 5.74) is 5.35. The Kier molecular flexibility index (Phi) is 1.27. The minimum absolute atomic E-state index is 0.0648. The van der Waals surface area contributed by atoms with E-state index in [2.05, 4.69) is 5.32 Å². The summed E-state index contributed by atoms with van der Waals surface area (Å²) in [5.74, 6) is 0. The van der Waals surface area contributed by atoms with Gasteiger partial charge in [-0.05, 0) is 7.05 Å². The minimum Gasteiger partial charge on any atom is -0.360 e. The van der Waals surface area contributed by atoms with Gasteiger partial charge in [-0.15, -0.1) is 0 Å². The Labute approximate surface area is 42.8 Å². The number of hydrogen-bond acceptors (Lipinski definition) is 3. The van der Waals surface area contributed by atoms with Gasteiger partial charge in [-0.2, -0.15) is 0 Å². The summed E-state index contributed by atoms with van der Waals surface area (Å²) in [7, 11) is 1.88. The normalized spacial score (nSPS) is 40.3. The summed E-state index contributed by atoms with van der Waals surface area (Å²) in [6, 6.07) is 0.389. The molecule has 1 aliphatic rings. The largest absolute Gasteiger partial charge is 0.360 e. The predicted molar refractivity (Wildman–Crippen MR) is 26.8 cm³/mol. The van der Waals surface area contributed by atoms with Crippen LogP contribution in [0.3, 0.4) is 0 Å². The van der Waals surface area contributed by atoms with Gasteiger partial charge >= 0.3 is 0 Å². The van der Waals surface area contributed by atoms with E-state index in [4.69, 9.17) is 10.5 Å². The molecule has 0 aromatic rings. The highest BCUT2D eigenvalue weighted by Gasteiger charge is 2.25. The molecule has 0 aromatic heterocycles. The molecule has 1 saturated heterocycles. The molecule has 0 bridgehead atoms. The number of hydrogen-bond donors (Lipinski definition) is 2. The average molecular weight is 102 g/mol. The molecule has 1 heterocycles. The van der Waals surface area contributed by atoms with Crippen molar-refractivity contribution in [1.82, 2.24) is 5.32 Å². The molecular weight excluding hydrogens is 92.1 g/mol. The smallest absolute Gasteiger partial charge is 0.123 e. The molecule has 0 spiro atoms. The van der Waals surface area contributed by atoms with Crippen molar-refractivity contribution in [2.24, 2.45) is 5.73 Å². The van der Waals surface area contributed by atoms with Crippen molar-refractivity contribution in [2.45, 2.75) is 12.3 Å². The lowest BCUT2D eigenvalue weighted by atomic mass is 10.2. The van der Waals surface area contributed by atoms with Crippen LogP contribution in [-0.4, -0.2) is 25.9 Å². The number of rotatable bonds is 1. The highest BCUT2D eigenvalue weighted by atomic mass is 16.5. The molecule has 1 fully saturated rings. The SMILES string of the molecule is CNC1COC1N. The molecule has 2 unspecified atom stereocenters. The van der Waals surface area contributed by atoms with Crippen LogP contribution in [-0.2, 0) is 4.74 Å². The highest BCUT2D eigenvalue weighted by Crippen LogP contribution is 2.04. The van der Waals surface area contributed by atoms with Crippen LogP contribution >= 0.6 is 0 Å². The van der Waals surface area contributed by atoms with Gasteiger partial charge in [0.2, 0.25) is 0 Å². The molecule has 3 nitrogen and oxygen atoms in total. The van der Waals surface area contributed by atoms with Gasteiger partial charge in [0.25, 0.3) is 0 Å². The van der Waals surface area contributed by atoms with Crippen LogP contribution in [0.1, 0.15) is 0 Å². The molecular formula is C4H10N2O. The van der Waals surface area contributed by atoms with Crippen molar-refractivity contribution in [1.29, 1.82) is 0 Å². The summed E-state index contributed by atoms with van der Waals surface area (Å²) in [5, 5.41) is 3.00. The lowest BCUT2D eigenvalue weighted by molar-refractivity contribution is -0.0799. The number of likely N-dealkylation sites (N-methyl/N-ethyl adjacent to an activating group) is 1. The first-order chi connectivity index (χ1) is 3.34. The van der Waals surface area contributed by atoms with Gasteiger partial charge in [-0.1, -0.05) is 0 Å². The van der Waals surface area contributed by atoms with E-state index >= 15 is 0 Å². The first-order valence-electron chi connectivity index (χ1n) is 2.39. The quantitative estimate of drug-likeness (QED) is 0.441. The van der Waals surface area contributed by atoms with E-state index in [0.717, 1.165) is 6.61 Å². The van der Waals surface area contributed by atoms with E-state index in [9.17, 15) is 0 Å². The maximum absolute atomic E-state index is 5.35. The zero-order valence-electron chi connectivity index (χ0n) is 4.35. The molecule has 42 valence electrons. The van der Waals surface area contributed by atoms with Crippen LogP contribution in [0.2, 0.25) is 0 Å². The van der Waals surface area contributed by atoms with E-state index in [1.807, 2.05) is 7.05 Å². The van der Waals surface area contributed by atoms with Crippen LogP contribution in [0.15, 0.2) is 0 Å². The van der Waals surface area contributed by atoms with Gasteiger partial charge < -0.3 is 15.8 Å². The van der Waals surface area contributed by atoms with E-state index in [-0.39, 0.29) is 6.23 Å². The molecule has 7 heavy (non-hydrogen) atoms. The standard InChI is InChI=1S/C4H10N2O/c1-6-3-2-7-4(3)5/h3-4,6H,2,5H2,1H3. The minimum atomic E-state index is -0.0648. The van der Waals surface area contributed by atoms with Crippen molar-refractivity contribution in [2.75, 3.05) is 13.7 Å². The molecule has 1 aliphatic heterocycles. The van der Waals surface area contributed by atoms with E-state index in [1.54, 1.807) is 0 Å². The fraction of sp³-hybridized carbons (Fsp3) is 1.00. The van der Waals surface area contributed by atoms with Crippen molar-refractivity contribution < 1.29 is 4.74 Å². The van der Waals surface area contributed by atoms with Gasteiger partial charge in [0.1, 0.15) is 6.23 Å². The second-order valence-electron chi connectivity index (χ2n) is 1.69. The summed E-state index contributed by atoms with van der Waals surface area (Å²) >= 11 is 0. The molecule has 0 aromatic carbocycles. The Morgan fingerprint density at radius 3 is 2.57 bits per heavy atom. The van der Waals surface area contributed by atoms with Gasteiger partial charge in [0, 0.05) is 0 Å². The fourth-order valence-corrected chi connectivity index (χ4v) is 0.551. The van der Waals surface area contributed by atoms with Crippen molar-refractivity contribution in [3.63, 3.8) is 0 Å². The summed E-state index contributed by atoms with van der Waals surface area (Å²) in [6.45, 7) is 0.762. The lowest BCUT2D eigenvalue weighted by Crippen LogP contribution is -2.57. The zero-order chi connectivity index (χ0) is 5.28. The second-order valence-corrected chi connectivity index (χ2v) is 1.69. The van der Waals surface area contributed by atoms with Crippen molar-refractivity contribution in [3.8, 4) is 0 Å². The topological polar surface area (TPSA) is 47.3 Å². The third-order valence-corrected chi connectivity index (χ3v) is 1.24. The molecule has 1 rings (SSSR count). The van der Waals surface area contributed by atoms with Gasteiger partial charge in [0.15, 0.2) is 0 Å². The lowest BCUT2D eigenvalue weighted by Gasteiger charge is -2.32. The third-order valence-electron chi connectivity index (χ3n) is 1.24. The zero-order valence-corrected chi connectivity index (χ0v) is 4.35. The first kappa shape index (κ1) is 5.03.